The van der Waals surface area contributed by atoms with Crippen molar-refractivity contribution in [2.45, 2.75) is 51.2 Å². The van der Waals surface area contributed by atoms with Crippen LogP contribution in [0.15, 0.2) is 0 Å². The van der Waals surface area contributed by atoms with Gasteiger partial charge in [-0.2, -0.15) is 0 Å². The minimum Gasteiger partial charge on any atom is -0.469 e. The van der Waals surface area contributed by atoms with Gasteiger partial charge in [-0.1, -0.05) is 19.3 Å². The van der Waals surface area contributed by atoms with Crippen molar-refractivity contribution >= 4 is 5.97 Å². The lowest BCUT2D eigenvalue weighted by Gasteiger charge is -2.12. The fourth-order valence-electron chi connectivity index (χ4n) is 1.54. The zero-order valence-electron chi connectivity index (χ0n) is 10.7. The van der Waals surface area contributed by atoms with E-state index in [0.717, 1.165) is 38.5 Å². The highest BCUT2D eigenvalue weighted by atomic mass is 16.7. The van der Waals surface area contributed by atoms with E-state index in [0.29, 0.717) is 6.42 Å². The summed E-state index contributed by atoms with van der Waals surface area (Å²) in [6.45, 7) is 0. The Morgan fingerprint density at radius 2 is 1.50 bits per heavy atom. The summed E-state index contributed by atoms with van der Waals surface area (Å²) in [5.74, 6) is -0.112. The third-order valence-corrected chi connectivity index (χ3v) is 2.57. The first-order valence-corrected chi connectivity index (χ1v) is 5.87. The molecule has 16 heavy (non-hydrogen) atoms. The van der Waals surface area contributed by atoms with E-state index in [1.165, 1.54) is 7.11 Å². The lowest BCUT2D eigenvalue weighted by atomic mass is 10.1. The molecule has 0 spiro atoms. The van der Waals surface area contributed by atoms with E-state index in [9.17, 15) is 4.79 Å². The van der Waals surface area contributed by atoms with Gasteiger partial charge in [-0.05, 0) is 19.3 Å². The average molecular weight is 232 g/mol. The van der Waals surface area contributed by atoms with E-state index >= 15 is 0 Å². The van der Waals surface area contributed by atoms with Gasteiger partial charge in [-0.3, -0.25) is 4.79 Å². The van der Waals surface area contributed by atoms with Gasteiger partial charge in [0.15, 0.2) is 6.29 Å². The SMILES string of the molecule is COC(=O)CCCCCCCC(OC)OC. The zero-order chi connectivity index (χ0) is 12.2. The van der Waals surface area contributed by atoms with Crippen LogP contribution >= 0.6 is 0 Å². The van der Waals surface area contributed by atoms with Crippen LogP contribution in [-0.2, 0) is 19.0 Å². The smallest absolute Gasteiger partial charge is 0.305 e. The topological polar surface area (TPSA) is 44.8 Å². The Hall–Kier alpha value is -0.610. The van der Waals surface area contributed by atoms with Crippen LogP contribution in [0.1, 0.15) is 44.9 Å². The molecule has 0 amide bonds. The molecule has 0 aliphatic rings. The van der Waals surface area contributed by atoms with Gasteiger partial charge in [0.05, 0.1) is 7.11 Å². The number of methoxy groups -OCH3 is 3. The summed E-state index contributed by atoms with van der Waals surface area (Å²) in [5.41, 5.74) is 0. The molecule has 0 aliphatic carbocycles. The predicted molar refractivity (Wildman–Crippen MR) is 62.1 cm³/mol. The molecule has 0 aromatic heterocycles. The molecule has 0 aromatic rings. The molecule has 0 fully saturated rings. The minimum atomic E-state index is -0.112. The Labute approximate surface area is 98.3 Å². The lowest BCUT2D eigenvalue weighted by Crippen LogP contribution is -2.12. The molecule has 96 valence electrons. The molecule has 0 atom stereocenters. The Morgan fingerprint density at radius 1 is 0.938 bits per heavy atom. The normalized spacial score (nSPS) is 10.8. The maximum absolute atomic E-state index is 10.8. The molecule has 0 N–H and O–H groups in total. The second-order valence-corrected chi connectivity index (χ2v) is 3.78. The van der Waals surface area contributed by atoms with Crippen LogP contribution in [0.5, 0.6) is 0 Å². The second kappa shape index (κ2) is 10.9. The number of carbonyl (C=O) groups excluding carboxylic acids is 1. The van der Waals surface area contributed by atoms with Gasteiger partial charge in [0, 0.05) is 20.6 Å². The number of hydrogen-bond donors (Lipinski definition) is 0. The highest BCUT2D eigenvalue weighted by Gasteiger charge is 2.04. The second-order valence-electron chi connectivity index (χ2n) is 3.78. The molecule has 0 saturated carbocycles. The van der Waals surface area contributed by atoms with Gasteiger partial charge >= 0.3 is 5.97 Å². The van der Waals surface area contributed by atoms with Gasteiger partial charge in [0.25, 0.3) is 0 Å². The first-order chi connectivity index (χ1) is 7.74. The molecular formula is C12H24O4. The molecule has 0 rings (SSSR count). The van der Waals surface area contributed by atoms with Crippen molar-refractivity contribution in [1.82, 2.24) is 0 Å². The van der Waals surface area contributed by atoms with Crippen molar-refractivity contribution in [3.8, 4) is 0 Å². The monoisotopic (exact) mass is 232 g/mol. The number of carbonyl (C=O) groups is 1. The fourth-order valence-corrected chi connectivity index (χ4v) is 1.54. The number of rotatable bonds is 10. The van der Waals surface area contributed by atoms with Crippen molar-refractivity contribution in [2.75, 3.05) is 21.3 Å². The summed E-state index contributed by atoms with van der Waals surface area (Å²) < 4.78 is 14.7. The molecule has 0 saturated heterocycles. The van der Waals surface area contributed by atoms with Gasteiger partial charge in [0.1, 0.15) is 0 Å². The summed E-state index contributed by atoms with van der Waals surface area (Å²) >= 11 is 0. The molecule has 0 aliphatic heterocycles. The molecule has 0 bridgehead atoms. The summed E-state index contributed by atoms with van der Waals surface area (Å²) in [6.07, 6.45) is 6.81. The quantitative estimate of drug-likeness (QED) is 0.330. The van der Waals surface area contributed by atoms with Gasteiger partial charge in [-0.15, -0.1) is 0 Å². The average Bonchev–Trinajstić information content (AvgIpc) is 2.32. The van der Waals surface area contributed by atoms with Gasteiger partial charge in [-0.25, -0.2) is 0 Å². The maximum Gasteiger partial charge on any atom is 0.305 e. The van der Waals surface area contributed by atoms with Crippen LogP contribution in [0.4, 0.5) is 0 Å². The highest BCUT2D eigenvalue weighted by molar-refractivity contribution is 5.68. The van der Waals surface area contributed by atoms with E-state index in [1.54, 1.807) is 14.2 Å². The molecule has 0 unspecified atom stereocenters. The largest absolute Gasteiger partial charge is 0.469 e. The van der Waals surface area contributed by atoms with E-state index < -0.39 is 0 Å². The Kier molecular flexibility index (Phi) is 10.5. The first-order valence-electron chi connectivity index (χ1n) is 5.87. The number of ether oxygens (including phenoxy) is 3. The number of hydrogen-bond acceptors (Lipinski definition) is 4. The molecule has 4 heteroatoms. The Bertz CT molecular complexity index is 166. The van der Waals surface area contributed by atoms with E-state index in [-0.39, 0.29) is 12.3 Å². The minimum absolute atomic E-state index is 0.0740. The van der Waals surface area contributed by atoms with Crippen LogP contribution in [0.2, 0.25) is 0 Å². The fraction of sp³-hybridized carbons (Fsp3) is 0.917. The summed E-state index contributed by atoms with van der Waals surface area (Å²) in [5, 5.41) is 0. The molecular weight excluding hydrogens is 208 g/mol. The van der Waals surface area contributed by atoms with Crippen LogP contribution < -0.4 is 0 Å². The van der Waals surface area contributed by atoms with E-state index in [2.05, 4.69) is 4.74 Å². The lowest BCUT2D eigenvalue weighted by molar-refractivity contribution is -0.140. The van der Waals surface area contributed by atoms with Crippen LogP contribution in [0, 0.1) is 0 Å². The van der Waals surface area contributed by atoms with Crippen molar-refractivity contribution < 1.29 is 19.0 Å². The predicted octanol–water partition coefficient (Wildman–Crippen LogP) is 2.51. The zero-order valence-corrected chi connectivity index (χ0v) is 10.7. The third-order valence-electron chi connectivity index (χ3n) is 2.57. The maximum atomic E-state index is 10.8. The molecule has 0 aromatic carbocycles. The summed E-state index contributed by atoms with van der Waals surface area (Å²) in [6, 6.07) is 0. The van der Waals surface area contributed by atoms with Gasteiger partial charge in [0.2, 0.25) is 0 Å². The van der Waals surface area contributed by atoms with E-state index in [1.807, 2.05) is 0 Å². The number of unbranched alkanes of at least 4 members (excludes halogenated alkanes) is 4. The molecule has 4 nitrogen and oxygen atoms in total. The van der Waals surface area contributed by atoms with Crippen LogP contribution in [-0.4, -0.2) is 33.6 Å². The third kappa shape index (κ3) is 8.68. The standard InChI is InChI=1S/C12H24O4/c1-14-11(13)9-7-5-4-6-8-10-12(15-2)16-3/h12H,4-10H2,1-3H3. The van der Waals surface area contributed by atoms with Crippen molar-refractivity contribution in [3.05, 3.63) is 0 Å². The first kappa shape index (κ1) is 15.4. The Morgan fingerprint density at radius 3 is 2.06 bits per heavy atom. The van der Waals surface area contributed by atoms with Crippen molar-refractivity contribution in [3.63, 3.8) is 0 Å². The van der Waals surface area contributed by atoms with Gasteiger partial charge < -0.3 is 14.2 Å². The van der Waals surface area contributed by atoms with Crippen LogP contribution in [0.3, 0.4) is 0 Å². The van der Waals surface area contributed by atoms with Crippen molar-refractivity contribution in [2.24, 2.45) is 0 Å². The van der Waals surface area contributed by atoms with E-state index in [4.69, 9.17) is 9.47 Å². The summed E-state index contributed by atoms with van der Waals surface area (Å²) in [4.78, 5) is 10.8. The van der Waals surface area contributed by atoms with Crippen molar-refractivity contribution in [1.29, 1.82) is 0 Å². The summed E-state index contributed by atoms with van der Waals surface area (Å²) in [7, 11) is 4.74. The Balaban J connectivity index is 3.18. The molecule has 0 radical (unpaired) electrons. The molecule has 0 heterocycles. The highest BCUT2D eigenvalue weighted by Crippen LogP contribution is 2.10. The number of esters is 1. The van der Waals surface area contributed by atoms with Crippen LogP contribution in [0.25, 0.3) is 0 Å².